The zero-order valence-electron chi connectivity index (χ0n) is 11.9. The third-order valence-electron chi connectivity index (χ3n) is 3.86. The Bertz CT molecular complexity index is 620. The Kier molecular flexibility index (Phi) is 4.46. The fraction of sp³-hybridized carbons (Fsp3) is 0.471. The number of hydrogen-bond acceptors (Lipinski definition) is 4. The van der Waals surface area contributed by atoms with Crippen LogP contribution in [0.5, 0.6) is 0 Å². The Labute approximate surface area is 124 Å². The fourth-order valence-electron chi connectivity index (χ4n) is 2.75. The molecular weight excluding hydrogens is 264 g/mol. The maximum absolute atomic E-state index is 10.6. The summed E-state index contributed by atoms with van der Waals surface area (Å²) in [6.45, 7) is 1.31. The third kappa shape index (κ3) is 3.33. The van der Waals surface area contributed by atoms with Crippen LogP contribution < -0.4 is 0 Å². The highest BCUT2D eigenvalue weighted by molar-refractivity contribution is 5.66. The minimum Gasteiger partial charge on any atom is -0.453 e. The lowest BCUT2D eigenvalue weighted by atomic mass is 9.72. The summed E-state index contributed by atoms with van der Waals surface area (Å²) in [5, 5.41) is 19.0. The molecule has 0 aromatic carbocycles. The van der Waals surface area contributed by atoms with Gasteiger partial charge in [0.1, 0.15) is 0 Å². The number of nitriles is 2. The molecule has 4 nitrogen and oxygen atoms in total. The number of hydrogen-bond donors (Lipinski definition) is 0. The Morgan fingerprint density at radius 1 is 1.38 bits per heavy atom. The van der Waals surface area contributed by atoms with Crippen molar-refractivity contribution in [3.8, 4) is 24.0 Å². The molecule has 4 heteroatoms. The highest BCUT2D eigenvalue weighted by Crippen LogP contribution is 2.43. The second-order valence-electron chi connectivity index (χ2n) is 5.38. The van der Waals surface area contributed by atoms with Crippen molar-refractivity contribution < 1.29 is 9.53 Å². The molecule has 0 radical (unpaired) electrons. The highest BCUT2D eigenvalue weighted by Gasteiger charge is 2.38. The van der Waals surface area contributed by atoms with Crippen molar-refractivity contribution in [1.82, 2.24) is 0 Å². The monoisotopic (exact) mass is 280 g/mol. The average molecular weight is 280 g/mol. The minimum absolute atomic E-state index is 0.00583. The molecule has 0 aromatic heterocycles. The van der Waals surface area contributed by atoms with Gasteiger partial charge in [0.05, 0.1) is 12.1 Å². The normalized spacial score (nSPS) is 22.3. The van der Waals surface area contributed by atoms with Crippen LogP contribution in [0.3, 0.4) is 0 Å². The molecule has 106 valence electrons. The molecule has 2 aliphatic carbocycles. The first-order valence-corrected chi connectivity index (χ1v) is 6.91. The molecule has 2 bridgehead atoms. The number of ether oxygens (including phenoxy) is 1. The van der Waals surface area contributed by atoms with Gasteiger partial charge in [-0.15, -0.1) is 0 Å². The molecule has 2 unspecified atom stereocenters. The molecule has 0 N–H and O–H groups in total. The van der Waals surface area contributed by atoms with E-state index in [1.165, 1.54) is 6.92 Å². The van der Waals surface area contributed by atoms with Gasteiger partial charge in [-0.25, -0.2) is 0 Å². The number of carbonyl (C=O) groups is 1. The Morgan fingerprint density at radius 2 is 2.14 bits per heavy atom. The van der Waals surface area contributed by atoms with Crippen LogP contribution in [0, 0.1) is 51.8 Å². The van der Waals surface area contributed by atoms with Gasteiger partial charge in [0, 0.05) is 13.3 Å². The molecule has 0 aromatic rings. The Morgan fingerprint density at radius 3 is 2.76 bits per heavy atom. The third-order valence-corrected chi connectivity index (χ3v) is 3.86. The molecule has 2 aliphatic rings. The van der Waals surface area contributed by atoms with Gasteiger partial charge in [0.25, 0.3) is 0 Å². The second-order valence-corrected chi connectivity index (χ2v) is 5.38. The van der Waals surface area contributed by atoms with E-state index in [-0.39, 0.29) is 13.0 Å². The fourth-order valence-corrected chi connectivity index (χ4v) is 2.75. The number of allylic oxidation sites excluding steroid dienone is 4. The summed E-state index contributed by atoms with van der Waals surface area (Å²) in [6, 6.07) is 4.27. The van der Waals surface area contributed by atoms with Crippen LogP contribution in [-0.2, 0) is 9.53 Å². The van der Waals surface area contributed by atoms with Gasteiger partial charge in [-0.05, 0) is 30.3 Å². The maximum Gasteiger partial charge on any atom is 0.303 e. The van der Waals surface area contributed by atoms with Crippen molar-refractivity contribution in [2.24, 2.45) is 17.3 Å². The average Bonchev–Trinajstić information content (AvgIpc) is 2.81. The molecule has 0 amide bonds. The second kappa shape index (κ2) is 6.29. The van der Waals surface area contributed by atoms with Gasteiger partial charge < -0.3 is 4.74 Å². The topological polar surface area (TPSA) is 73.9 Å². The van der Waals surface area contributed by atoms with Crippen molar-refractivity contribution >= 4 is 5.97 Å². The standard InChI is InChI=1S/C17H16N2O2/c1-13(20)21-7-3-2-6-17(11-18,12-19)16-9-14-4-5-15(8-14)10-16/h4-5,9,14-15H,6-8,10H2,1H3. The first-order valence-electron chi connectivity index (χ1n) is 6.91. The molecular formula is C17H16N2O2. The summed E-state index contributed by atoms with van der Waals surface area (Å²) in [5.74, 6) is 5.86. The van der Waals surface area contributed by atoms with Gasteiger partial charge in [0.15, 0.2) is 12.0 Å². The molecule has 0 aliphatic heterocycles. The molecule has 0 heterocycles. The molecule has 2 rings (SSSR count). The van der Waals surface area contributed by atoms with Crippen molar-refractivity contribution in [2.45, 2.75) is 26.2 Å². The zero-order chi connectivity index (χ0) is 15.3. The smallest absolute Gasteiger partial charge is 0.303 e. The number of esters is 1. The molecule has 0 saturated heterocycles. The van der Waals surface area contributed by atoms with Gasteiger partial charge >= 0.3 is 5.97 Å². The predicted molar refractivity (Wildman–Crippen MR) is 76.1 cm³/mol. The van der Waals surface area contributed by atoms with Crippen molar-refractivity contribution in [2.75, 3.05) is 6.61 Å². The lowest BCUT2D eigenvalue weighted by Crippen LogP contribution is -2.23. The van der Waals surface area contributed by atoms with Crippen LogP contribution in [-0.4, -0.2) is 12.6 Å². The number of fused-ring (bicyclic) bond motifs is 2. The van der Waals surface area contributed by atoms with Crippen molar-refractivity contribution in [1.29, 1.82) is 10.5 Å². The lowest BCUT2D eigenvalue weighted by Gasteiger charge is -2.27. The highest BCUT2D eigenvalue weighted by atomic mass is 16.5. The van der Waals surface area contributed by atoms with Crippen LogP contribution in [0.25, 0.3) is 0 Å². The Hall–Kier alpha value is -2.51. The summed E-state index contributed by atoms with van der Waals surface area (Å²) in [5.41, 5.74) is -0.313. The van der Waals surface area contributed by atoms with Gasteiger partial charge in [-0.2, -0.15) is 10.5 Å². The minimum atomic E-state index is -1.19. The van der Waals surface area contributed by atoms with Gasteiger partial charge in [-0.1, -0.05) is 30.1 Å². The van der Waals surface area contributed by atoms with E-state index >= 15 is 0 Å². The summed E-state index contributed by atoms with van der Waals surface area (Å²) >= 11 is 0. The van der Waals surface area contributed by atoms with Gasteiger partial charge in [0.2, 0.25) is 0 Å². The summed E-state index contributed by atoms with van der Waals surface area (Å²) in [7, 11) is 0. The van der Waals surface area contributed by atoms with E-state index in [9.17, 15) is 15.3 Å². The van der Waals surface area contributed by atoms with Crippen LogP contribution in [0.4, 0.5) is 0 Å². The lowest BCUT2D eigenvalue weighted by molar-refractivity contribution is -0.139. The van der Waals surface area contributed by atoms with E-state index < -0.39 is 11.4 Å². The molecule has 0 fully saturated rings. The predicted octanol–water partition coefficient (Wildman–Crippen LogP) is 2.50. The van der Waals surface area contributed by atoms with E-state index in [0.29, 0.717) is 11.8 Å². The van der Waals surface area contributed by atoms with E-state index in [1.807, 2.05) is 6.08 Å². The molecule has 2 atom stereocenters. The quantitative estimate of drug-likeness (QED) is 0.452. The van der Waals surface area contributed by atoms with E-state index in [1.54, 1.807) is 0 Å². The maximum atomic E-state index is 10.6. The largest absolute Gasteiger partial charge is 0.453 e. The summed E-state index contributed by atoms with van der Waals surface area (Å²) < 4.78 is 4.71. The number of rotatable bonds is 3. The zero-order valence-corrected chi connectivity index (χ0v) is 11.9. The number of carbonyl (C=O) groups excluding carboxylic acids is 1. The summed E-state index contributed by atoms with van der Waals surface area (Å²) in [4.78, 5) is 10.6. The first kappa shape index (κ1) is 14.9. The van der Waals surface area contributed by atoms with Crippen LogP contribution in [0.1, 0.15) is 26.2 Å². The molecule has 0 saturated carbocycles. The van der Waals surface area contributed by atoms with Gasteiger partial charge in [-0.3, -0.25) is 4.79 Å². The van der Waals surface area contributed by atoms with Crippen molar-refractivity contribution in [3.63, 3.8) is 0 Å². The molecule has 0 spiro atoms. The van der Waals surface area contributed by atoms with E-state index in [2.05, 4.69) is 36.1 Å². The van der Waals surface area contributed by atoms with E-state index in [4.69, 9.17) is 4.74 Å². The first-order chi connectivity index (χ1) is 10.1. The number of nitrogens with zero attached hydrogens (tertiary/aromatic N) is 2. The molecule has 21 heavy (non-hydrogen) atoms. The summed E-state index contributed by atoms with van der Waals surface area (Å²) in [6.07, 6.45) is 8.32. The van der Waals surface area contributed by atoms with Crippen LogP contribution >= 0.6 is 0 Å². The van der Waals surface area contributed by atoms with Crippen molar-refractivity contribution in [3.05, 3.63) is 23.8 Å². The van der Waals surface area contributed by atoms with E-state index in [0.717, 1.165) is 18.4 Å². The Balaban J connectivity index is 2.09. The van der Waals surface area contributed by atoms with Crippen LogP contribution in [0.15, 0.2) is 23.8 Å². The van der Waals surface area contributed by atoms with Crippen LogP contribution in [0.2, 0.25) is 0 Å². The SMILES string of the molecule is CC(=O)OCC#CCC(C#N)(C#N)C1=CC2C=CC(C1)C2.